The van der Waals surface area contributed by atoms with Gasteiger partial charge in [0.2, 0.25) is 6.71 Å². The van der Waals surface area contributed by atoms with Crippen LogP contribution in [0.4, 0.5) is 17.1 Å². The van der Waals surface area contributed by atoms with Gasteiger partial charge < -0.3 is 14.0 Å². The molecule has 0 unspecified atom stereocenters. The Hall–Kier alpha value is -8.67. The van der Waals surface area contributed by atoms with E-state index in [1.54, 1.807) is 0 Å². The Kier molecular flexibility index (Phi) is 9.19. The van der Waals surface area contributed by atoms with Crippen LogP contribution in [-0.4, -0.2) is 21.6 Å². The summed E-state index contributed by atoms with van der Waals surface area (Å²) in [4.78, 5) is 18.6. The van der Waals surface area contributed by atoms with Gasteiger partial charge in [-0.1, -0.05) is 184 Å². The average molecular weight is 924 g/mol. The molecule has 0 spiro atoms. The molecule has 0 N–H and O–H groups in total. The normalized spacial score (nSPS) is 13.0. The van der Waals surface area contributed by atoms with Gasteiger partial charge in [-0.2, -0.15) is 0 Å². The highest BCUT2D eigenvalue weighted by molar-refractivity contribution is 7.00. The van der Waals surface area contributed by atoms with Crippen molar-refractivity contribution >= 4 is 89.6 Å². The van der Waals surface area contributed by atoms with Crippen molar-refractivity contribution in [1.29, 1.82) is 0 Å². The molecule has 0 bridgehead atoms. The van der Waals surface area contributed by atoms with Gasteiger partial charge >= 0.3 is 0 Å². The molecule has 0 amide bonds. The number of fused-ring (bicyclic) bond motifs is 10. The van der Waals surface area contributed by atoms with Crippen molar-refractivity contribution in [2.45, 2.75) is 40.0 Å². The predicted octanol–water partition coefficient (Wildman–Crippen LogP) is 15.0. The highest BCUT2D eigenvalue weighted by Crippen LogP contribution is 2.48. The smallest absolute Gasteiger partial charge is 0.248 e. The Balaban J connectivity index is 1.11. The average Bonchev–Trinajstić information content (AvgIpc) is 3.93. The zero-order chi connectivity index (χ0) is 48.6. The summed E-state index contributed by atoms with van der Waals surface area (Å²) in [6.45, 7) is 11.1. The Morgan fingerprint density at radius 1 is 0.403 bits per heavy atom. The van der Waals surface area contributed by atoms with Crippen LogP contribution in [0.2, 0.25) is 0 Å². The van der Waals surface area contributed by atoms with E-state index >= 15 is 4.79 Å². The maximum atomic E-state index is 16.1. The largest absolute Gasteiger partial charge is 0.310 e. The molecule has 0 fully saturated rings. The minimum atomic E-state index is -0.276. The Labute approximate surface area is 420 Å². The summed E-state index contributed by atoms with van der Waals surface area (Å²) in [7, 11) is 0. The van der Waals surface area contributed by atoms with Crippen molar-refractivity contribution in [3.05, 3.63) is 240 Å². The Morgan fingerprint density at radius 2 is 0.889 bits per heavy atom. The number of ketones is 1. The number of para-hydroxylation sites is 4. The number of benzene rings is 10. The standard InChI is InChI=1S/C67H50BN3O/c1-41-55(69-57-28-16-12-24-48(57)49-25-13-17-29-58(49)69)36-34-53-63(41)66(72)52-39-46(67(3,4)5)40-62-64(52)68(53)54-35-37-56(70-59-30-18-14-26-50(59)51-27-15-19-31-60(51)70)42(2)65(54)71(62)61-38-45(43-20-8-6-9-21-43)32-33-47(61)44-22-10-7-11-23-44/h6-40H,1-5H3. The highest BCUT2D eigenvalue weighted by atomic mass is 16.1. The van der Waals surface area contributed by atoms with Crippen molar-refractivity contribution < 1.29 is 4.79 Å². The predicted molar refractivity (Wildman–Crippen MR) is 303 cm³/mol. The first kappa shape index (κ1) is 42.2. The molecule has 0 saturated heterocycles. The van der Waals surface area contributed by atoms with Gasteiger partial charge in [0.1, 0.15) is 0 Å². The van der Waals surface area contributed by atoms with Gasteiger partial charge in [-0.05, 0) is 118 Å². The fourth-order valence-electron chi connectivity index (χ4n) is 12.5. The topological polar surface area (TPSA) is 30.2 Å². The van der Waals surface area contributed by atoms with Crippen LogP contribution < -0.4 is 21.3 Å². The molecule has 2 aromatic heterocycles. The molecular formula is C67H50BN3O. The van der Waals surface area contributed by atoms with Crippen molar-refractivity contribution in [2.24, 2.45) is 0 Å². The molecule has 10 aromatic carbocycles. The van der Waals surface area contributed by atoms with Crippen LogP contribution in [0, 0.1) is 13.8 Å². The Bertz CT molecular complexity index is 4140. The second-order valence-electron chi connectivity index (χ2n) is 20.8. The summed E-state index contributed by atoms with van der Waals surface area (Å²) in [5.41, 5.74) is 22.3. The van der Waals surface area contributed by atoms with Crippen molar-refractivity contribution in [3.63, 3.8) is 0 Å². The summed E-state index contributed by atoms with van der Waals surface area (Å²) in [6, 6.07) is 77.2. The number of rotatable bonds is 5. The van der Waals surface area contributed by atoms with E-state index in [-0.39, 0.29) is 17.9 Å². The van der Waals surface area contributed by atoms with Gasteiger partial charge in [0.05, 0.1) is 33.4 Å². The number of anilines is 3. The van der Waals surface area contributed by atoms with Crippen LogP contribution >= 0.6 is 0 Å². The van der Waals surface area contributed by atoms with Gasteiger partial charge in [0.15, 0.2) is 5.78 Å². The van der Waals surface area contributed by atoms with Gasteiger partial charge in [-0.25, -0.2) is 0 Å². The molecular weight excluding hydrogens is 874 g/mol. The van der Waals surface area contributed by atoms with Crippen LogP contribution in [0.5, 0.6) is 0 Å². The SMILES string of the molecule is Cc1c(-n2c3ccccc3c3ccccc32)ccc2c1C(=O)c1cc(C(C)(C)C)cc3c1B2c1ccc(-n2c4ccccc4c4ccccc42)c(C)c1N3c1cc(-c2ccccc2)ccc1-c1ccccc1. The Morgan fingerprint density at radius 3 is 1.43 bits per heavy atom. The quantitative estimate of drug-likeness (QED) is 0.161. The lowest BCUT2D eigenvalue weighted by atomic mass is 9.31. The number of hydrogen-bond acceptors (Lipinski definition) is 2. The number of aromatic nitrogens is 2. The van der Waals surface area contributed by atoms with E-state index in [1.165, 1.54) is 38.0 Å². The first-order valence-electron chi connectivity index (χ1n) is 25.2. The van der Waals surface area contributed by atoms with Crippen molar-refractivity contribution in [3.8, 4) is 33.6 Å². The summed E-state index contributed by atoms with van der Waals surface area (Å²) in [6.07, 6.45) is 0. The maximum absolute atomic E-state index is 16.1. The first-order chi connectivity index (χ1) is 35.2. The lowest BCUT2D eigenvalue weighted by Crippen LogP contribution is -2.63. The van der Waals surface area contributed by atoms with E-state index in [4.69, 9.17) is 0 Å². The number of carbonyl (C=O) groups excluding carboxylic acids is 1. The third-order valence-electron chi connectivity index (χ3n) is 15.8. The van der Waals surface area contributed by atoms with Crippen molar-refractivity contribution in [1.82, 2.24) is 9.13 Å². The third kappa shape index (κ3) is 6.04. The molecule has 4 heterocycles. The summed E-state index contributed by atoms with van der Waals surface area (Å²) in [5, 5.41) is 4.85. The summed E-state index contributed by atoms with van der Waals surface area (Å²) in [5.74, 6) is 0.0760. The first-order valence-corrected chi connectivity index (χ1v) is 25.2. The maximum Gasteiger partial charge on any atom is 0.248 e. The van der Waals surface area contributed by atoms with E-state index < -0.39 is 0 Å². The molecule has 342 valence electrons. The van der Waals surface area contributed by atoms with E-state index in [1.807, 2.05) is 0 Å². The third-order valence-corrected chi connectivity index (χ3v) is 15.8. The van der Waals surface area contributed by atoms with Crippen LogP contribution in [-0.2, 0) is 5.41 Å². The van der Waals surface area contributed by atoms with Crippen LogP contribution in [0.3, 0.4) is 0 Å². The molecule has 0 aliphatic carbocycles. The lowest BCUT2D eigenvalue weighted by Gasteiger charge is -2.43. The lowest BCUT2D eigenvalue weighted by molar-refractivity contribution is 0.103. The second-order valence-corrected chi connectivity index (χ2v) is 20.8. The fourth-order valence-corrected chi connectivity index (χ4v) is 12.5. The number of carbonyl (C=O) groups is 1. The minimum absolute atomic E-state index is 0.0760. The molecule has 5 heteroatoms. The minimum Gasteiger partial charge on any atom is -0.310 e. The van der Waals surface area contributed by atoms with Gasteiger partial charge in [-0.15, -0.1) is 0 Å². The second kappa shape index (κ2) is 15.7. The van der Waals surface area contributed by atoms with E-state index in [2.05, 4.69) is 261 Å². The fraction of sp³-hybridized carbons (Fsp3) is 0.0896. The van der Waals surface area contributed by atoms with Crippen LogP contribution in [0.15, 0.2) is 212 Å². The van der Waals surface area contributed by atoms with E-state index in [0.29, 0.717) is 0 Å². The number of hydrogen-bond donors (Lipinski definition) is 0. The molecule has 72 heavy (non-hydrogen) atoms. The molecule has 0 atom stereocenters. The zero-order valence-electron chi connectivity index (χ0n) is 41.0. The molecule has 2 aliphatic rings. The van der Waals surface area contributed by atoms with Gasteiger partial charge in [0.25, 0.3) is 0 Å². The van der Waals surface area contributed by atoms with E-state index in [9.17, 15) is 0 Å². The highest BCUT2D eigenvalue weighted by Gasteiger charge is 2.46. The van der Waals surface area contributed by atoms with Gasteiger partial charge in [0, 0.05) is 55.3 Å². The molecule has 2 aliphatic heterocycles. The summed E-state index contributed by atoms with van der Waals surface area (Å²) < 4.78 is 4.83. The van der Waals surface area contributed by atoms with E-state index in [0.717, 1.165) is 100 Å². The van der Waals surface area contributed by atoms with Gasteiger partial charge in [-0.3, -0.25) is 4.79 Å². The molecule has 12 aromatic rings. The monoisotopic (exact) mass is 923 g/mol. The molecule has 4 nitrogen and oxygen atoms in total. The number of nitrogens with zero attached hydrogens (tertiary/aromatic N) is 3. The van der Waals surface area contributed by atoms with Crippen molar-refractivity contribution in [2.75, 3.05) is 4.90 Å². The van der Waals surface area contributed by atoms with Crippen LogP contribution in [0.25, 0.3) is 77.2 Å². The zero-order valence-corrected chi connectivity index (χ0v) is 41.0. The molecule has 0 saturated carbocycles. The molecule has 0 radical (unpaired) electrons. The van der Waals surface area contributed by atoms with Crippen LogP contribution in [0.1, 0.15) is 53.4 Å². The molecule has 14 rings (SSSR count). The summed E-state index contributed by atoms with van der Waals surface area (Å²) >= 11 is 0.